The van der Waals surface area contributed by atoms with Crippen LogP contribution in [0.15, 0.2) is 48.0 Å². The molecular weight excluding hydrogens is 403 g/mol. The van der Waals surface area contributed by atoms with Gasteiger partial charge in [-0.2, -0.15) is 0 Å². The standard InChI is InChI=1S/C19H11IO3/c1-2-9-23-17-8-7-12(11-16(17)20)10-15-18(21)13-5-3-4-6-14(13)19(15)22/h1,3-8,10-11H,9H2. The lowest BCUT2D eigenvalue weighted by Crippen LogP contribution is -2.00. The van der Waals surface area contributed by atoms with Crippen LogP contribution in [0.3, 0.4) is 0 Å². The highest BCUT2D eigenvalue weighted by Gasteiger charge is 2.32. The van der Waals surface area contributed by atoms with E-state index in [-0.39, 0.29) is 23.7 Å². The van der Waals surface area contributed by atoms with Crippen molar-refractivity contribution in [2.24, 2.45) is 0 Å². The van der Waals surface area contributed by atoms with Gasteiger partial charge in [0.15, 0.2) is 11.6 Å². The number of halogens is 1. The lowest BCUT2D eigenvalue weighted by molar-refractivity contribution is 0.0990. The summed E-state index contributed by atoms with van der Waals surface area (Å²) in [5.74, 6) is 2.63. The molecule has 0 N–H and O–H groups in total. The second-order valence-electron chi connectivity index (χ2n) is 4.94. The number of terminal acetylenes is 1. The van der Waals surface area contributed by atoms with Gasteiger partial charge in [0.1, 0.15) is 12.4 Å². The zero-order valence-corrected chi connectivity index (χ0v) is 14.2. The topological polar surface area (TPSA) is 43.4 Å². The largest absolute Gasteiger partial charge is 0.480 e. The predicted molar refractivity (Wildman–Crippen MR) is 96.6 cm³/mol. The van der Waals surface area contributed by atoms with Gasteiger partial charge < -0.3 is 4.74 Å². The van der Waals surface area contributed by atoms with Gasteiger partial charge in [-0.15, -0.1) is 6.42 Å². The van der Waals surface area contributed by atoms with Crippen LogP contribution in [0.4, 0.5) is 0 Å². The van der Waals surface area contributed by atoms with Crippen molar-refractivity contribution in [1.29, 1.82) is 0 Å². The number of rotatable bonds is 3. The minimum absolute atomic E-state index is 0.194. The van der Waals surface area contributed by atoms with E-state index in [2.05, 4.69) is 28.5 Å². The summed E-state index contributed by atoms with van der Waals surface area (Å²) in [4.78, 5) is 24.7. The van der Waals surface area contributed by atoms with Crippen molar-refractivity contribution in [3.63, 3.8) is 0 Å². The monoisotopic (exact) mass is 414 g/mol. The molecular formula is C19H11IO3. The van der Waals surface area contributed by atoms with Crippen LogP contribution in [-0.2, 0) is 0 Å². The summed E-state index contributed by atoms with van der Waals surface area (Å²) >= 11 is 2.13. The van der Waals surface area contributed by atoms with E-state index in [4.69, 9.17) is 11.2 Å². The fraction of sp³-hybridized carbons (Fsp3) is 0.0526. The number of ketones is 2. The zero-order chi connectivity index (χ0) is 16.4. The van der Waals surface area contributed by atoms with Crippen molar-refractivity contribution in [2.75, 3.05) is 6.61 Å². The Morgan fingerprint density at radius 1 is 1.09 bits per heavy atom. The van der Waals surface area contributed by atoms with Gasteiger partial charge in [-0.1, -0.05) is 36.3 Å². The number of fused-ring (bicyclic) bond motifs is 1. The lowest BCUT2D eigenvalue weighted by atomic mass is 10.1. The molecule has 0 fully saturated rings. The second-order valence-corrected chi connectivity index (χ2v) is 6.11. The Kier molecular flexibility index (Phi) is 4.30. The van der Waals surface area contributed by atoms with Crippen molar-refractivity contribution in [1.82, 2.24) is 0 Å². The maximum atomic E-state index is 12.4. The van der Waals surface area contributed by atoms with Crippen LogP contribution >= 0.6 is 22.6 Å². The normalized spacial score (nSPS) is 12.8. The Hall–Kier alpha value is -2.39. The molecule has 3 nitrogen and oxygen atoms in total. The van der Waals surface area contributed by atoms with Crippen LogP contribution in [0, 0.1) is 15.9 Å². The number of allylic oxidation sites excluding steroid dienone is 1. The highest BCUT2D eigenvalue weighted by atomic mass is 127. The molecule has 4 heteroatoms. The Labute approximate surface area is 147 Å². The number of hydrogen-bond donors (Lipinski definition) is 0. The summed E-state index contributed by atoms with van der Waals surface area (Å²) in [7, 11) is 0. The van der Waals surface area contributed by atoms with E-state index in [0.717, 1.165) is 9.13 Å². The summed E-state index contributed by atoms with van der Waals surface area (Å²) in [5.41, 5.74) is 1.89. The van der Waals surface area contributed by atoms with Crippen LogP contribution < -0.4 is 4.74 Å². The molecule has 2 aromatic carbocycles. The van der Waals surface area contributed by atoms with E-state index in [1.165, 1.54) is 0 Å². The van der Waals surface area contributed by atoms with Crippen LogP contribution in [-0.4, -0.2) is 18.2 Å². The van der Waals surface area contributed by atoms with E-state index in [1.54, 1.807) is 42.5 Å². The molecule has 0 saturated carbocycles. The minimum atomic E-state index is -0.228. The summed E-state index contributed by atoms with van der Waals surface area (Å²) in [6.07, 6.45) is 6.80. The molecule has 2 aromatic rings. The van der Waals surface area contributed by atoms with Gasteiger partial charge in [0.05, 0.1) is 9.14 Å². The Balaban J connectivity index is 1.94. The average Bonchev–Trinajstić information content (AvgIpc) is 2.80. The zero-order valence-electron chi connectivity index (χ0n) is 12.0. The maximum absolute atomic E-state index is 12.4. The predicted octanol–water partition coefficient (Wildman–Crippen LogP) is 3.77. The van der Waals surface area contributed by atoms with E-state index in [1.807, 2.05) is 6.07 Å². The average molecular weight is 414 g/mol. The first-order valence-corrected chi connectivity index (χ1v) is 7.95. The SMILES string of the molecule is C#CCOc1ccc(C=C2C(=O)c3ccccc3C2=O)cc1I. The minimum Gasteiger partial charge on any atom is -0.480 e. The number of carbonyl (C=O) groups is 2. The first-order valence-electron chi connectivity index (χ1n) is 6.87. The van der Waals surface area contributed by atoms with Crippen LogP contribution in [0.2, 0.25) is 0 Å². The Morgan fingerprint density at radius 3 is 2.30 bits per heavy atom. The molecule has 0 heterocycles. The molecule has 0 atom stereocenters. The molecule has 1 aliphatic rings. The smallest absolute Gasteiger partial charge is 0.197 e. The number of ether oxygens (including phenoxy) is 1. The van der Waals surface area contributed by atoms with Crippen molar-refractivity contribution < 1.29 is 14.3 Å². The van der Waals surface area contributed by atoms with Crippen molar-refractivity contribution in [2.45, 2.75) is 0 Å². The number of Topliss-reactive ketones (excluding diaryl/α,β-unsaturated/α-hetero) is 2. The lowest BCUT2D eigenvalue weighted by Gasteiger charge is -2.06. The van der Waals surface area contributed by atoms with E-state index >= 15 is 0 Å². The quantitative estimate of drug-likeness (QED) is 0.333. The summed E-state index contributed by atoms with van der Waals surface area (Å²) in [5, 5.41) is 0. The molecule has 0 aromatic heterocycles. The molecule has 23 heavy (non-hydrogen) atoms. The van der Waals surface area contributed by atoms with Gasteiger partial charge in [-0.05, 0) is 46.4 Å². The molecule has 0 radical (unpaired) electrons. The molecule has 0 unspecified atom stereocenters. The first-order chi connectivity index (χ1) is 11.1. The summed E-state index contributed by atoms with van der Waals surface area (Å²) in [6.45, 7) is 0.197. The summed E-state index contributed by atoms with van der Waals surface area (Å²) in [6, 6.07) is 12.3. The third kappa shape index (κ3) is 2.92. The van der Waals surface area contributed by atoms with Gasteiger partial charge in [0, 0.05) is 11.1 Å². The van der Waals surface area contributed by atoms with Gasteiger partial charge in [0.2, 0.25) is 0 Å². The molecule has 0 aliphatic heterocycles. The van der Waals surface area contributed by atoms with Crippen molar-refractivity contribution in [3.05, 3.63) is 68.3 Å². The van der Waals surface area contributed by atoms with Crippen LogP contribution in [0.5, 0.6) is 5.75 Å². The third-order valence-corrected chi connectivity index (χ3v) is 4.33. The fourth-order valence-corrected chi connectivity index (χ4v) is 3.11. The fourth-order valence-electron chi connectivity index (χ4n) is 2.41. The van der Waals surface area contributed by atoms with Crippen LogP contribution in [0.25, 0.3) is 6.08 Å². The molecule has 112 valence electrons. The second kappa shape index (κ2) is 6.39. The number of hydrogen-bond acceptors (Lipinski definition) is 3. The van der Waals surface area contributed by atoms with Crippen molar-refractivity contribution in [3.8, 4) is 18.1 Å². The molecule has 3 rings (SSSR count). The van der Waals surface area contributed by atoms with Gasteiger partial charge in [-0.25, -0.2) is 0 Å². The molecule has 0 saturated heterocycles. The molecule has 1 aliphatic carbocycles. The van der Waals surface area contributed by atoms with E-state index < -0.39 is 0 Å². The Morgan fingerprint density at radius 2 is 1.74 bits per heavy atom. The van der Waals surface area contributed by atoms with Gasteiger partial charge >= 0.3 is 0 Å². The summed E-state index contributed by atoms with van der Waals surface area (Å²) < 4.78 is 6.27. The van der Waals surface area contributed by atoms with E-state index in [9.17, 15) is 9.59 Å². The number of benzene rings is 2. The highest BCUT2D eigenvalue weighted by molar-refractivity contribution is 14.1. The molecule has 0 amide bonds. The molecule has 0 bridgehead atoms. The van der Waals surface area contributed by atoms with Crippen LogP contribution in [0.1, 0.15) is 26.3 Å². The highest BCUT2D eigenvalue weighted by Crippen LogP contribution is 2.29. The van der Waals surface area contributed by atoms with Crippen molar-refractivity contribution >= 4 is 40.2 Å². The first kappa shape index (κ1) is 15.5. The Bertz CT molecular complexity index is 851. The van der Waals surface area contributed by atoms with E-state index in [0.29, 0.717) is 16.9 Å². The van der Waals surface area contributed by atoms with Gasteiger partial charge in [-0.3, -0.25) is 9.59 Å². The maximum Gasteiger partial charge on any atom is 0.197 e. The third-order valence-electron chi connectivity index (χ3n) is 3.48. The number of carbonyl (C=O) groups excluding carboxylic acids is 2. The molecule has 0 spiro atoms. The van der Waals surface area contributed by atoms with Gasteiger partial charge in [0.25, 0.3) is 0 Å².